The molecular weight excluding hydrogens is 438 g/mol. The summed E-state index contributed by atoms with van der Waals surface area (Å²) in [7, 11) is 1.60. The maximum absolute atomic E-state index is 13.2. The molecule has 1 saturated heterocycles. The highest BCUT2D eigenvalue weighted by atomic mass is 32.2. The average molecular weight is 458 g/mol. The Labute approximate surface area is 194 Å². The summed E-state index contributed by atoms with van der Waals surface area (Å²) in [5.74, 6) is -0.320. The van der Waals surface area contributed by atoms with E-state index in [1.165, 1.54) is 11.1 Å². The van der Waals surface area contributed by atoms with Gasteiger partial charge in [-0.05, 0) is 40.2 Å². The summed E-state index contributed by atoms with van der Waals surface area (Å²) in [4.78, 5) is 36.7. The second kappa shape index (κ2) is 8.55. The number of nitrogens with zero attached hydrogens (tertiary/aromatic N) is 2. The zero-order valence-corrected chi connectivity index (χ0v) is 18.5. The first-order chi connectivity index (χ1) is 16.0. The van der Waals surface area contributed by atoms with Crippen LogP contribution >= 0.6 is 11.8 Å². The fourth-order valence-corrected chi connectivity index (χ4v) is 4.69. The van der Waals surface area contributed by atoms with Gasteiger partial charge in [0.25, 0.3) is 17.1 Å². The molecule has 2 aliphatic heterocycles. The van der Waals surface area contributed by atoms with Gasteiger partial charge in [-0.15, -0.1) is 0 Å². The van der Waals surface area contributed by atoms with Gasteiger partial charge in [0, 0.05) is 18.1 Å². The molecule has 0 saturated carbocycles. The highest BCUT2D eigenvalue weighted by Gasteiger charge is 2.34. The number of hydrogen-bond donors (Lipinski definition) is 1. The number of fused-ring (bicyclic) bond motifs is 1. The van der Waals surface area contributed by atoms with E-state index in [9.17, 15) is 14.4 Å². The number of amides is 3. The fourth-order valence-electron chi connectivity index (χ4n) is 4.04. The van der Waals surface area contributed by atoms with E-state index >= 15 is 0 Å². The molecule has 0 aromatic heterocycles. The molecule has 0 radical (unpaired) electrons. The lowest BCUT2D eigenvalue weighted by molar-refractivity contribution is -0.128. The number of hydrogen-bond acceptors (Lipinski definition) is 6. The highest BCUT2D eigenvalue weighted by molar-refractivity contribution is 8.18. The molecule has 3 amide bonds. The molecular formula is C25H19N3O4S. The fraction of sp³-hybridized carbons (Fsp3) is 0.120. The molecule has 2 heterocycles. The van der Waals surface area contributed by atoms with Crippen LogP contribution in [0.5, 0.6) is 5.75 Å². The van der Waals surface area contributed by atoms with E-state index < -0.39 is 17.1 Å². The summed E-state index contributed by atoms with van der Waals surface area (Å²) in [5.41, 5.74) is 2.62. The molecule has 0 bridgehead atoms. The van der Waals surface area contributed by atoms with Gasteiger partial charge in [-0.25, -0.2) is 5.01 Å². The van der Waals surface area contributed by atoms with Crippen molar-refractivity contribution in [1.29, 1.82) is 0 Å². The molecule has 164 valence electrons. The number of methoxy groups -OCH3 is 1. The van der Waals surface area contributed by atoms with Crippen molar-refractivity contribution in [2.45, 2.75) is 12.5 Å². The summed E-state index contributed by atoms with van der Waals surface area (Å²) in [6.45, 7) is 0. The predicted molar refractivity (Wildman–Crippen MR) is 127 cm³/mol. The quantitative estimate of drug-likeness (QED) is 0.587. The Balaban J connectivity index is 1.55. The van der Waals surface area contributed by atoms with E-state index in [2.05, 4.69) is 5.32 Å². The Hall–Kier alpha value is -3.91. The minimum Gasteiger partial charge on any atom is -0.497 e. The Morgan fingerprint density at radius 1 is 1.09 bits per heavy atom. The summed E-state index contributed by atoms with van der Waals surface area (Å²) in [6.07, 6.45) is 1.69. The summed E-state index contributed by atoms with van der Waals surface area (Å²) >= 11 is 0.711. The maximum atomic E-state index is 13.2. The van der Waals surface area contributed by atoms with Crippen LogP contribution in [0.2, 0.25) is 0 Å². The van der Waals surface area contributed by atoms with Crippen LogP contribution in [0.3, 0.4) is 0 Å². The van der Waals surface area contributed by atoms with Crippen molar-refractivity contribution >= 4 is 45.3 Å². The molecule has 33 heavy (non-hydrogen) atoms. The third-order valence-corrected chi connectivity index (χ3v) is 6.44. The smallest absolute Gasteiger partial charge is 0.290 e. The van der Waals surface area contributed by atoms with Gasteiger partial charge in [0.05, 0.1) is 23.8 Å². The number of ether oxygens (including phenoxy) is 1. The Morgan fingerprint density at radius 2 is 1.85 bits per heavy atom. The molecule has 2 aliphatic rings. The van der Waals surface area contributed by atoms with Gasteiger partial charge >= 0.3 is 0 Å². The summed E-state index contributed by atoms with van der Waals surface area (Å²) < 4.78 is 5.26. The van der Waals surface area contributed by atoms with Crippen LogP contribution in [0.25, 0.3) is 10.8 Å². The van der Waals surface area contributed by atoms with Gasteiger partial charge < -0.3 is 4.74 Å². The van der Waals surface area contributed by atoms with Crippen LogP contribution < -0.4 is 10.1 Å². The van der Waals surface area contributed by atoms with E-state index in [0.717, 1.165) is 27.6 Å². The lowest BCUT2D eigenvalue weighted by atomic mass is 9.95. The topological polar surface area (TPSA) is 88.1 Å². The predicted octanol–water partition coefficient (Wildman–Crippen LogP) is 4.39. The molecule has 0 spiro atoms. The second-order valence-corrected chi connectivity index (χ2v) is 8.62. The van der Waals surface area contributed by atoms with E-state index in [1.807, 2.05) is 66.7 Å². The number of hydrazone groups is 1. The third kappa shape index (κ3) is 4.01. The van der Waals surface area contributed by atoms with E-state index in [-0.39, 0.29) is 10.9 Å². The van der Waals surface area contributed by atoms with Crippen molar-refractivity contribution < 1.29 is 19.1 Å². The SMILES string of the molecule is COc1ccc(C2CC(c3cccc4ccccc34)=NN2C(=O)/C=C2\SC(=O)NC2=O)cc1. The lowest BCUT2D eigenvalue weighted by Gasteiger charge is -2.21. The molecule has 1 unspecified atom stereocenters. The molecule has 1 N–H and O–H groups in total. The molecule has 5 rings (SSSR count). The summed E-state index contributed by atoms with van der Waals surface area (Å²) in [6, 6.07) is 21.2. The number of carbonyl (C=O) groups excluding carboxylic acids is 3. The molecule has 8 heteroatoms. The zero-order valence-electron chi connectivity index (χ0n) is 17.6. The van der Waals surface area contributed by atoms with E-state index in [1.54, 1.807) is 7.11 Å². The van der Waals surface area contributed by atoms with Crippen molar-refractivity contribution in [3.63, 3.8) is 0 Å². The molecule has 3 aromatic rings. The average Bonchev–Trinajstić information content (AvgIpc) is 3.41. The minimum atomic E-state index is -0.572. The van der Waals surface area contributed by atoms with Crippen LogP contribution in [0, 0.1) is 0 Å². The van der Waals surface area contributed by atoms with Crippen LogP contribution in [0.1, 0.15) is 23.6 Å². The van der Waals surface area contributed by atoms with Crippen molar-refractivity contribution in [2.24, 2.45) is 5.10 Å². The number of carbonyl (C=O) groups is 3. The minimum absolute atomic E-state index is 0.0623. The van der Waals surface area contributed by atoms with E-state index in [0.29, 0.717) is 23.9 Å². The largest absolute Gasteiger partial charge is 0.497 e. The zero-order chi connectivity index (χ0) is 22.9. The van der Waals surface area contributed by atoms with Crippen molar-refractivity contribution in [3.8, 4) is 5.75 Å². The van der Waals surface area contributed by atoms with Gasteiger partial charge in [0.1, 0.15) is 5.75 Å². The van der Waals surface area contributed by atoms with Crippen LogP contribution in [0.15, 0.2) is 82.8 Å². The van der Waals surface area contributed by atoms with Crippen LogP contribution in [-0.2, 0) is 9.59 Å². The third-order valence-electron chi connectivity index (χ3n) is 5.63. The van der Waals surface area contributed by atoms with Crippen molar-refractivity contribution in [3.05, 3.63) is 88.8 Å². The first kappa shape index (κ1) is 21.0. The first-order valence-corrected chi connectivity index (χ1v) is 11.1. The number of nitrogens with one attached hydrogen (secondary N) is 1. The standard InChI is InChI=1S/C25H19N3O4S/c1-32-17-11-9-16(10-12-17)21-13-20(19-8-4-6-15-5-2-3-7-18(15)19)27-28(21)23(29)14-22-24(30)26-25(31)33-22/h2-12,14,21H,13H2,1H3,(H,26,30,31)/b22-14-. The maximum Gasteiger partial charge on any atom is 0.290 e. The monoisotopic (exact) mass is 457 g/mol. The molecule has 7 nitrogen and oxygen atoms in total. The normalized spacial score (nSPS) is 19.2. The van der Waals surface area contributed by atoms with Crippen molar-refractivity contribution in [1.82, 2.24) is 10.3 Å². The Bertz CT molecular complexity index is 1340. The molecule has 0 aliphatic carbocycles. The Morgan fingerprint density at radius 3 is 2.58 bits per heavy atom. The number of benzene rings is 3. The number of imide groups is 1. The van der Waals surface area contributed by atoms with Gasteiger partial charge in [-0.2, -0.15) is 5.10 Å². The molecule has 1 fully saturated rings. The van der Waals surface area contributed by atoms with E-state index in [4.69, 9.17) is 9.84 Å². The van der Waals surface area contributed by atoms with Crippen LogP contribution in [-0.4, -0.2) is 34.9 Å². The molecule has 1 atom stereocenters. The van der Waals surface area contributed by atoms with Gasteiger partial charge in [-0.1, -0.05) is 54.6 Å². The second-order valence-electron chi connectivity index (χ2n) is 7.60. The van der Waals surface area contributed by atoms with Crippen molar-refractivity contribution in [2.75, 3.05) is 7.11 Å². The summed E-state index contributed by atoms with van der Waals surface area (Å²) in [5, 5.41) is 9.90. The number of thioether (sulfide) groups is 1. The molecule has 3 aromatic carbocycles. The first-order valence-electron chi connectivity index (χ1n) is 10.3. The highest BCUT2D eigenvalue weighted by Crippen LogP contribution is 2.36. The van der Waals surface area contributed by atoms with Gasteiger partial charge in [0.2, 0.25) is 0 Å². The lowest BCUT2D eigenvalue weighted by Crippen LogP contribution is -2.26. The number of rotatable bonds is 4. The Kier molecular flexibility index (Phi) is 5.43. The van der Waals surface area contributed by atoms with Gasteiger partial charge in [0.15, 0.2) is 0 Å². The van der Waals surface area contributed by atoms with Crippen LogP contribution in [0.4, 0.5) is 4.79 Å². The van der Waals surface area contributed by atoms with Gasteiger partial charge in [-0.3, -0.25) is 19.7 Å².